The van der Waals surface area contributed by atoms with Crippen molar-refractivity contribution in [2.75, 3.05) is 20.3 Å². The van der Waals surface area contributed by atoms with Crippen molar-refractivity contribution in [1.82, 2.24) is 21.3 Å². The van der Waals surface area contributed by atoms with E-state index in [4.69, 9.17) is 14.2 Å². The van der Waals surface area contributed by atoms with Gasteiger partial charge in [0.1, 0.15) is 17.8 Å². The van der Waals surface area contributed by atoms with Crippen LogP contribution in [-0.2, 0) is 15.1 Å². The van der Waals surface area contributed by atoms with Crippen LogP contribution >= 0.6 is 0 Å². The van der Waals surface area contributed by atoms with E-state index in [2.05, 4.69) is 21.3 Å². The quantitative estimate of drug-likeness (QED) is 0.343. The Labute approximate surface area is 238 Å². The number of ether oxygens (including phenoxy) is 3. The number of hydrogen-bond donors (Lipinski definition) is 4. The number of halogens is 4. The summed E-state index contributed by atoms with van der Waals surface area (Å²) in [5.74, 6) is -0.955. The molecule has 1 aliphatic carbocycles. The van der Waals surface area contributed by atoms with Crippen LogP contribution < -0.4 is 26.0 Å². The minimum atomic E-state index is -4.75. The van der Waals surface area contributed by atoms with E-state index >= 15 is 0 Å². The third-order valence-electron chi connectivity index (χ3n) is 9.30. The number of amides is 2. The lowest BCUT2D eigenvalue weighted by Gasteiger charge is -2.53. The van der Waals surface area contributed by atoms with Gasteiger partial charge in [-0.25, -0.2) is 9.18 Å². The smallest absolute Gasteiger partial charge is 0.421 e. The van der Waals surface area contributed by atoms with E-state index in [1.54, 1.807) is 7.11 Å². The van der Waals surface area contributed by atoms with Crippen LogP contribution in [0.4, 0.5) is 22.4 Å². The van der Waals surface area contributed by atoms with Crippen LogP contribution in [0.15, 0.2) is 18.2 Å². The lowest BCUT2D eigenvalue weighted by molar-refractivity contribution is -0.334. The molecule has 6 atom stereocenters. The van der Waals surface area contributed by atoms with Gasteiger partial charge in [0, 0.05) is 43.6 Å². The number of urea groups is 1. The molecular formula is C29H42F4N4O4. The maximum atomic E-state index is 14.5. The summed E-state index contributed by atoms with van der Waals surface area (Å²) in [5, 5.41) is 13.0. The Kier molecular flexibility index (Phi) is 9.04. The Bertz CT molecular complexity index is 1060. The molecule has 4 N–H and O–H groups in total. The Morgan fingerprint density at radius 1 is 1.07 bits per heavy atom. The maximum Gasteiger partial charge on any atom is 0.421 e. The highest BCUT2D eigenvalue weighted by Gasteiger charge is 2.63. The predicted octanol–water partition coefficient (Wildman–Crippen LogP) is 4.82. The zero-order valence-electron chi connectivity index (χ0n) is 23.7. The predicted molar refractivity (Wildman–Crippen MR) is 144 cm³/mol. The fourth-order valence-electron chi connectivity index (χ4n) is 7.01. The van der Waals surface area contributed by atoms with E-state index in [-0.39, 0.29) is 54.6 Å². The number of piperidine rings is 2. The molecule has 5 rings (SSSR count). The zero-order chi connectivity index (χ0) is 29.3. The van der Waals surface area contributed by atoms with Gasteiger partial charge in [0.05, 0.1) is 12.6 Å². The number of nitrogens with one attached hydrogen (secondary N) is 4. The average molecular weight is 587 g/mol. The third kappa shape index (κ3) is 6.16. The second-order valence-electron chi connectivity index (χ2n) is 12.0. The van der Waals surface area contributed by atoms with Gasteiger partial charge in [-0.2, -0.15) is 13.2 Å². The molecule has 3 aliphatic heterocycles. The van der Waals surface area contributed by atoms with Crippen LogP contribution in [0.25, 0.3) is 0 Å². The van der Waals surface area contributed by atoms with E-state index in [9.17, 15) is 22.4 Å². The van der Waals surface area contributed by atoms with Gasteiger partial charge in [-0.3, -0.25) is 10.6 Å². The van der Waals surface area contributed by atoms with Crippen LogP contribution in [0.5, 0.6) is 5.75 Å². The summed E-state index contributed by atoms with van der Waals surface area (Å²) in [6, 6.07) is 2.27. The van der Waals surface area contributed by atoms with Crippen LogP contribution in [-0.4, -0.2) is 62.5 Å². The molecule has 230 valence electrons. The maximum absolute atomic E-state index is 14.5. The summed E-state index contributed by atoms with van der Waals surface area (Å²) >= 11 is 0. The topological polar surface area (TPSA) is 92.9 Å². The number of carbonyl (C=O) groups is 1. The molecule has 8 nitrogen and oxygen atoms in total. The molecule has 0 bridgehead atoms. The van der Waals surface area contributed by atoms with Crippen molar-refractivity contribution < 1.29 is 36.6 Å². The van der Waals surface area contributed by atoms with Crippen molar-refractivity contribution in [1.29, 1.82) is 0 Å². The molecule has 12 heteroatoms. The number of carbonyl (C=O) groups excluding carboxylic acids is 1. The van der Waals surface area contributed by atoms with Gasteiger partial charge in [0.2, 0.25) is 0 Å². The summed E-state index contributed by atoms with van der Waals surface area (Å²) in [6.45, 7) is 2.49. The molecule has 0 radical (unpaired) electrons. The highest BCUT2D eigenvalue weighted by atomic mass is 19.4. The Balaban J connectivity index is 1.46. The van der Waals surface area contributed by atoms with Crippen LogP contribution in [0.1, 0.15) is 76.7 Å². The van der Waals surface area contributed by atoms with Crippen molar-refractivity contribution in [3.05, 3.63) is 29.6 Å². The molecule has 3 heterocycles. The van der Waals surface area contributed by atoms with Gasteiger partial charge >= 0.3 is 12.2 Å². The van der Waals surface area contributed by atoms with Gasteiger partial charge in [-0.1, -0.05) is 19.3 Å². The number of benzene rings is 1. The lowest BCUT2D eigenvalue weighted by Crippen LogP contribution is -2.73. The molecule has 41 heavy (non-hydrogen) atoms. The highest BCUT2D eigenvalue weighted by Crippen LogP contribution is 2.54. The van der Waals surface area contributed by atoms with Gasteiger partial charge in [0.25, 0.3) is 0 Å². The molecule has 1 aromatic carbocycles. The second kappa shape index (κ2) is 12.2. The molecule has 1 saturated carbocycles. The Morgan fingerprint density at radius 3 is 2.44 bits per heavy atom. The second-order valence-corrected chi connectivity index (χ2v) is 12.0. The summed E-state index contributed by atoms with van der Waals surface area (Å²) in [6.07, 6.45) is 2.26. The van der Waals surface area contributed by atoms with Crippen LogP contribution in [0.3, 0.4) is 0 Å². The average Bonchev–Trinajstić information content (AvgIpc) is 2.91. The summed E-state index contributed by atoms with van der Waals surface area (Å²) in [7, 11) is 1.64. The van der Waals surface area contributed by atoms with Crippen molar-refractivity contribution in [3.8, 4) is 5.75 Å². The summed E-state index contributed by atoms with van der Waals surface area (Å²) < 4.78 is 74.8. The fraction of sp³-hybridized carbons (Fsp3) is 0.759. The summed E-state index contributed by atoms with van der Waals surface area (Å²) in [4.78, 5) is 13.3. The first kappa shape index (κ1) is 30.3. The number of alkyl halides is 3. The van der Waals surface area contributed by atoms with Gasteiger partial charge in [-0.05, 0) is 63.6 Å². The molecule has 3 saturated heterocycles. The minimum Gasteiger partial charge on any atom is -0.470 e. The van der Waals surface area contributed by atoms with Crippen molar-refractivity contribution >= 4 is 6.03 Å². The van der Waals surface area contributed by atoms with E-state index in [1.165, 1.54) is 6.07 Å². The fourth-order valence-corrected chi connectivity index (χ4v) is 7.01. The minimum absolute atomic E-state index is 0.00742. The first-order valence-corrected chi connectivity index (χ1v) is 14.9. The number of hydrogen-bond acceptors (Lipinski definition) is 6. The van der Waals surface area contributed by atoms with Crippen molar-refractivity contribution in [2.45, 2.75) is 113 Å². The van der Waals surface area contributed by atoms with E-state index in [0.29, 0.717) is 13.0 Å². The lowest BCUT2D eigenvalue weighted by atomic mass is 9.74. The molecule has 2 amide bonds. The molecule has 0 aromatic heterocycles. The van der Waals surface area contributed by atoms with Crippen molar-refractivity contribution in [3.63, 3.8) is 0 Å². The van der Waals surface area contributed by atoms with Gasteiger partial charge < -0.3 is 24.8 Å². The molecule has 5 unspecified atom stereocenters. The zero-order valence-corrected chi connectivity index (χ0v) is 23.7. The van der Waals surface area contributed by atoms with Crippen molar-refractivity contribution in [2.24, 2.45) is 5.92 Å². The van der Waals surface area contributed by atoms with Crippen LogP contribution in [0, 0.1) is 11.7 Å². The monoisotopic (exact) mass is 586 g/mol. The number of rotatable bonds is 7. The Morgan fingerprint density at radius 2 is 1.83 bits per heavy atom. The molecule has 4 aliphatic rings. The van der Waals surface area contributed by atoms with Crippen LogP contribution in [0.2, 0.25) is 0 Å². The van der Waals surface area contributed by atoms with E-state index in [0.717, 1.165) is 63.5 Å². The highest BCUT2D eigenvalue weighted by molar-refractivity contribution is 5.74. The van der Waals surface area contributed by atoms with Gasteiger partial charge in [0.15, 0.2) is 11.3 Å². The summed E-state index contributed by atoms with van der Waals surface area (Å²) in [5.41, 5.74) is -4.19. The number of methoxy groups -OCH3 is 1. The molecule has 1 aromatic rings. The molecular weight excluding hydrogens is 544 g/mol. The largest absolute Gasteiger partial charge is 0.470 e. The standard InChI is InChI=1S/C29H42F4N4O4/c1-18-8-12-24(36-26(38)35-21-10-13-25(39-2)34-17-21)28(37-18,19-6-4-3-5-7-19)41-23-11-9-20(30)16-22(23)27(14-15-40-27)29(31,32)33/h9,11,16,18-19,21,24-25,34,37H,3-8,10,12-15,17H2,1-2H3,(H2,35,36,38)/t18?,21?,24?,25?,27-,28?/m0/s1. The molecule has 4 fully saturated rings. The van der Waals surface area contributed by atoms with E-state index in [1.807, 2.05) is 6.92 Å². The van der Waals surface area contributed by atoms with E-state index < -0.39 is 29.4 Å². The third-order valence-corrected chi connectivity index (χ3v) is 9.30. The normalized spacial score (nSPS) is 34.9. The molecule has 0 spiro atoms. The first-order valence-electron chi connectivity index (χ1n) is 14.9. The first-order chi connectivity index (χ1) is 19.6. The Hall–Kier alpha value is -2.15. The van der Waals surface area contributed by atoms with Gasteiger partial charge in [-0.15, -0.1) is 0 Å². The SMILES string of the molecule is COC1CCC(NC(=O)NC2CCC(C)NC2(Oc2ccc(F)cc2[C@]2(C(F)(F)F)CCO2)C2CCCCC2)CN1.